The molecular weight excluding hydrogens is 260 g/mol. The van der Waals surface area contributed by atoms with E-state index in [1.807, 2.05) is 6.07 Å². The second-order valence-corrected chi connectivity index (χ2v) is 6.29. The van der Waals surface area contributed by atoms with E-state index in [-0.39, 0.29) is 0 Å². The lowest BCUT2D eigenvalue weighted by Gasteiger charge is -2.14. The van der Waals surface area contributed by atoms with E-state index >= 15 is 0 Å². The first-order chi connectivity index (χ1) is 10.2. The van der Waals surface area contributed by atoms with Gasteiger partial charge in [-0.25, -0.2) is 0 Å². The van der Waals surface area contributed by atoms with Crippen molar-refractivity contribution in [2.45, 2.75) is 38.6 Å². The predicted molar refractivity (Wildman–Crippen MR) is 88.6 cm³/mol. The van der Waals surface area contributed by atoms with E-state index in [0.29, 0.717) is 11.9 Å². The van der Waals surface area contributed by atoms with Crippen LogP contribution in [0.4, 0.5) is 5.69 Å². The zero-order valence-corrected chi connectivity index (χ0v) is 12.9. The SMILES string of the molecule is CCc1cccc(NC(N)=NCC2CCN(C3CC3)C2)c1. The molecule has 1 atom stereocenters. The van der Waals surface area contributed by atoms with Gasteiger partial charge >= 0.3 is 0 Å². The minimum Gasteiger partial charge on any atom is -0.370 e. The van der Waals surface area contributed by atoms with E-state index in [4.69, 9.17) is 5.73 Å². The summed E-state index contributed by atoms with van der Waals surface area (Å²) in [5.74, 6) is 1.21. The van der Waals surface area contributed by atoms with Crippen molar-refractivity contribution in [1.29, 1.82) is 0 Å². The zero-order valence-electron chi connectivity index (χ0n) is 12.9. The summed E-state index contributed by atoms with van der Waals surface area (Å²) in [6, 6.07) is 9.23. The normalized spacial score (nSPS) is 23.5. The summed E-state index contributed by atoms with van der Waals surface area (Å²) in [7, 11) is 0. The second kappa shape index (κ2) is 6.48. The van der Waals surface area contributed by atoms with Crippen LogP contribution in [0.15, 0.2) is 29.3 Å². The van der Waals surface area contributed by atoms with Crippen LogP contribution in [-0.4, -0.2) is 36.5 Å². The Morgan fingerprint density at radius 1 is 1.38 bits per heavy atom. The van der Waals surface area contributed by atoms with Gasteiger partial charge in [0.05, 0.1) is 0 Å². The van der Waals surface area contributed by atoms with E-state index < -0.39 is 0 Å². The third-order valence-corrected chi connectivity index (χ3v) is 4.51. The molecular formula is C17H26N4. The van der Waals surface area contributed by atoms with Crippen molar-refractivity contribution >= 4 is 11.6 Å². The average Bonchev–Trinajstić information content (AvgIpc) is 3.24. The molecule has 0 aromatic heterocycles. The maximum atomic E-state index is 6.01. The smallest absolute Gasteiger partial charge is 0.193 e. The lowest BCUT2D eigenvalue weighted by atomic mass is 10.1. The average molecular weight is 286 g/mol. The predicted octanol–water partition coefficient (Wildman–Crippen LogP) is 2.46. The molecule has 0 amide bonds. The Morgan fingerprint density at radius 3 is 3.00 bits per heavy atom. The molecule has 0 radical (unpaired) electrons. The fraction of sp³-hybridized carbons (Fsp3) is 0.588. The van der Waals surface area contributed by atoms with Gasteiger partial charge in [-0.15, -0.1) is 0 Å². The number of aliphatic imine (C=N–C) groups is 1. The molecule has 0 bridgehead atoms. The summed E-state index contributed by atoms with van der Waals surface area (Å²) in [5.41, 5.74) is 8.35. The molecule has 1 saturated carbocycles. The van der Waals surface area contributed by atoms with Crippen LogP contribution in [0.5, 0.6) is 0 Å². The number of nitrogens with two attached hydrogens (primary N) is 1. The molecule has 4 heteroatoms. The van der Waals surface area contributed by atoms with Crippen LogP contribution in [0.1, 0.15) is 31.7 Å². The molecule has 3 rings (SSSR count). The Labute approximate surface area is 127 Å². The fourth-order valence-corrected chi connectivity index (χ4v) is 3.07. The van der Waals surface area contributed by atoms with Crippen LogP contribution >= 0.6 is 0 Å². The van der Waals surface area contributed by atoms with Crippen molar-refractivity contribution in [1.82, 2.24) is 4.90 Å². The highest BCUT2D eigenvalue weighted by Crippen LogP contribution is 2.31. The molecule has 21 heavy (non-hydrogen) atoms. The summed E-state index contributed by atoms with van der Waals surface area (Å²) in [6.07, 6.45) is 5.09. The van der Waals surface area contributed by atoms with E-state index in [1.165, 1.54) is 37.9 Å². The molecule has 1 saturated heterocycles. The molecule has 1 heterocycles. The zero-order chi connectivity index (χ0) is 14.7. The summed E-state index contributed by atoms with van der Waals surface area (Å²) < 4.78 is 0. The highest BCUT2D eigenvalue weighted by atomic mass is 15.2. The van der Waals surface area contributed by atoms with Gasteiger partial charge in [0.15, 0.2) is 5.96 Å². The number of nitrogens with zero attached hydrogens (tertiary/aromatic N) is 2. The maximum Gasteiger partial charge on any atom is 0.193 e. The van der Waals surface area contributed by atoms with E-state index in [1.54, 1.807) is 0 Å². The van der Waals surface area contributed by atoms with Gasteiger partial charge in [0.2, 0.25) is 0 Å². The third kappa shape index (κ3) is 3.97. The molecule has 0 spiro atoms. The molecule has 1 aromatic carbocycles. The van der Waals surface area contributed by atoms with Crippen LogP contribution in [0.2, 0.25) is 0 Å². The van der Waals surface area contributed by atoms with Gasteiger partial charge in [-0.1, -0.05) is 19.1 Å². The largest absolute Gasteiger partial charge is 0.370 e. The van der Waals surface area contributed by atoms with Crippen LogP contribution < -0.4 is 11.1 Å². The monoisotopic (exact) mass is 286 g/mol. The van der Waals surface area contributed by atoms with Crippen molar-refractivity contribution in [3.63, 3.8) is 0 Å². The molecule has 114 valence electrons. The summed E-state index contributed by atoms with van der Waals surface area (Å²) in [4.78, 5) is 7.15. The number of guanidine groups is 1. The number of rotatable bonds is 5. The van der Waals surface area contributed by atoms with Crippen LogP contribution in [0, 0.1) is 5.92 Å². The summed E-state index contributed by atoms with van der Waals surface area (Å²) in [6.45, 7) is 5.45. The first kappa shape index (κ1) is 14.4. The van der Waals surface area contributed by atoms with Crippen LogP contribution in [-0.2, 0) is 6.42 Å². The minimum atomic E-state index is 0.535. The van der Waals surface area contributed by atoms with Crippen LogP contribution in [0.3, 0.4) is 0 Å². The summed E-state index contributed by atoms with van der Waals surface area (Å²) >= 11 is 0. The Kier molecular flexibility index (Phi) is 4.44. The highest BCUT2D eigenvalue weighted by molar-refractivity contribution is 5.92. The number of nitrogens with one attached hydrogen (secondary N) is 1. The lowest BCUT2D eigenvalue weighted by molar-refractivity contribution is 0.315. The highest BCUT2D eigenvalue weighted by Gasteiger charge is 2.34. The van der Waals surface area contributed by atoms with Gasteiger partial charge in [0.1, 0.15) is 0 Å². The number of aryl methyl sites for hydroxylation is 1. The number of likely N-dealkylation sites (tertiary alicyclic amines) is 1. The van der Waals surface area contributed by atoms with Crippen molar-refractivity contribution in [2.75, 3.05) is 25.0 Å². The van der Waals surface area contributed by atoms with Crippen molar-refractivity contribution < 1.29 is 0 Å². The first-order valence-electron chi connectivity index (χ1n) is 8.14. The van der Waals surface area contributed by atoms with Gasteiger partial charge in [-0.05, 0) is 55.8 Å². The van der Waals surface area contributed by atoms with Gasteiger partial charge in [-0.3, -0.25) is 4.99 Å². The Bertz CT molecular complexity index is 507. The number of hydrogen-bond acceptors (Lipinski definition) is 2. The molecule has 1 aromatic rings. The summed E-state index contributed by atoms with van der Waals surface area (Å²) in [5, 5.41) is 3.20. The van der Waals surface area contributed by atoms with Crippen LogP contribution in [0.25, 0.3) is 0 Å². The van der Waals surface area contributed by atoms with Crippen molar-refractivity contribution in [2.24, 2.45) is 16.6 Å². The number of benzene rings is 1. The lowest BCUT2D eigenvalue weighted by Crippen LogP contribution is -2.25. The first-order valence-corrected chi connectivity index (χ1v) is 8.14. The molecule has 3 N–H and O–H groups in total. The Hall–Kier alpha value is -1.55. The van der Waals surface area contributed by atoms with Crippen molar-refractivity contribution in [3.05, 3.63) is 29.8 Å². The molecule has 4 nitrogen and oxygen atoms in total. The quantitative estimate of drug-likeness (QED) is 0.646. The molecule has 1 aliphatic carbocycles. The number of hydrogen-bond donors (Lipinski definition) is 2. The van der Waals surface area contributed by atoms with Gasteiger partial charge in [-0.2, -0.15) is 0 Å². The number of anilines is 1. The standard InChI is InChI=1S/C17H26N4/c1-2-13-4-3-5-15(10-13)20-17(18)19-11-14-8-9-21(12-14)16-6-7-16/h3-5,10,14,16H,2,6-9,11-12H2,1H3,(H3,18,19,20). The topological polar surface area (TPSA) is 53.6 Å². The van der Waals surface area contributed by atoms with E-state index in [2.05, 4.69) is 40.3 Å². The van der Waals surface area contributed by atoms with Gasteiger partial charge in [0.25, 0.3) is 0 Å². The second-order valence-electron chi connectivity index (χ2n) is 6.29. The Morgan fingerprint density at radius 2 is 2.24 bits per heavy atom. The molecule has 1 unspecified atom stereocenters. The van der Waals surface area contributed by atoms with Gasteiger partial charge < -0.3 is 16.0 Å². The minimum absolute atomic E-state index is 0.535. The van der Waals surface area contributed by atoms with Crippen molar-refractivity contribution in [3.8, 4) is 0 Å². The molecule has 1 aliphatic heterocycles. The third-order valence-electron chi connectivity index (χ3n) is 4.51. The fourth-order valence-electron chi connectivity index (χ4n) is 3.07. The van der Waals surface area contributed by atoms with E-state index in [0.717, 1.165) is 24.7 Å². The van der Waals surface area contributed by atoms with Gasteiger partial charge in [0, 0.05) is 24.8 Å². The molecule has 2 aliphatic rings. The Balaban J connectivity index is 1.49. The molecule has 2 fully saturated rings. The maximum absolute atomic E-state index is 6.01. The van der Waals surface area contributed by atoms with E-state index in [9.17, 15) is 0 Å².